The molecule has 0 fully saturated rings. The maximum atomic E-state index is 14.4. The Kier molecular flexibility index (Phi) is 5.74. The van der Waals surface area contributed by atoms with E-state index in [1.54, 1.807) is 6.92 Å². The molecule has 0 saturated carbocycles. The number of alkyl halides is 2. The van der Waals surface area contributed by atoms with Crippen LogP contribution in [0.5, 0.6) is 5.75 Å². The van der Waals surface area contributed by atoms with Crippen LogP contribution < -0.4 is 4.74 Å². The highest BCUT2D eigenvalue weighted by Crippen LogP contribution is 2.36. The van der Waals surface area contributed by atoms with Crippen LogP contribution in [0.3, 0.4) is 0 Å². The van der Waals surface area contributed by atoms with Gasteiger partial charge in [-0.1, -0.05) is 19.1 Å². The molecule has 0 heterocycles. The predicted octanol–water partition coefficient (Wildman–Crippen LogP) is 6.47. The van der Waals surface area contributed by atoms with Crippen LogP contribution in [-0.2, 0) is 12.5 Å². The molecule has 0 aliphatic rings. The lowest BCUT2D eigenvalue weighted by Gasteiger charge is -2.20. The van der Waals surface area contributed by atoms with Gasteiger partial charge in [-0.2, -0.15) is 14.0 Å². The van der Waals surface area contributed by atoms with Gasteiger partial charge >= 0.3 is 6.11 Å². The third kappa shape index (κ3) is 4.10. The topological polar surface area (TPSA) is 33.0 Å². The first-order valence-electron chi connectivity index (χ1n) is 8.71. The molecule has 154 valence electrons. The van der Waals surface area contributed by atoms with E-state index in [-0.39, 0.29) is 23.1 Å². The highest BCUT2D eigenvalue weighted by Gasteiger charge is 2.41. The van der Waals surface area contributed by atoms with Crippen molar-refractivity contribution >= 4 is 0 Å². The van der Waals surface area contributed by atoms with E-state index >= 15 is 0 Å². The number of benzene rings is 3. The Labute approximate surface area is 168 Å². The normalized spacial score (nSPS) is 11.3. The zero-order chi connectivity index (χ0) is 22.1. The predicted molar refractivity (Wildman–Crippen MR) is 96.8 cm³/mol. The second-order valence-corrected chi connectivity index (χ2v) is 6.36. The number of nitrogens with zero attached hydrogens (tertiary/aromatic N) is 1. The lowest BCUT2D eigenvalue weighted by Crippen LogP contribution is -2.25. The summed E-state index contributed by atoms with van der Waals surface area (Å²) in [5, 5.41) is 8.70. The van der Waals surface area contributed by atoms with E-state index in [1.807, 2.05) is 0 Å². The molecule has 0 saturated heterocycles. The molecule has 0 N–H and O–H groups in total. The highest BCUT2D eigenvalue weighted by molar-refractivity contribution is 5.65. The average molecular weight is 421 g/mol. The Morgan fingerprint density at radius 1 is 0.833 bits per heavy atom. The molecule has 0 aromatic heterocycles. The maximum absolute atomic E-state index is 14.4. The smallest absolute Gasteiger partial charge is 0.429 e. The van der Waals surface area contributed by atoms with Crippen molar-refractivity contribution in [1.29, 1.82) is 5.26 Å². The molecule has 3 aromatic carbocycles. The molecule has 0 spiro atoms. The number of rotatable bonds is 5. The van der Waals surface area contributed by atoms with E-state index in [0.29, 0.717) is 0 Å². The Bertz CT molecular complexity index is 1090. The molecule has 0 amide bonds. The van der Waals surface area contributed by atoms with Crippen molar-refractivity contribution in [2.45, 2.75) is 19.5 Å². The van der Waals surface area contributed by atoms with Crippen LogP contribution in [0.1, 0.15) is 23.6 Å². The summed E-state index contributed by atoms with van der Waals surface area (Å²) < 4.78 is 88.8. The van der Waals surface area contributed by atoms with Crippen LogP contribution in [-0.4, -0.2) is 0 Å². The van der Waals surface area contributed by atoms with Gasteiger partial charge in [-0.15, -0.1) is 0 Å². The van der Waals surface area contributed by atoms with Gasteiger partial charge in [0.15, 0.2) is 0 Å². The molecule has 30 heavy (non-hydrogen) atoms. The van der Waals surface area contributed by atoms with Gasteiger partial charge in [0, 0.05) is 0 Å². The van der Waals surface area contributed by atoms with Gasteiger partial charge in [-0.3, -0.25) is 0 Å². The van der Waals surface area contributed by atoms with Crippen molar-refractivity contribution < 1.29 is 31.1 Å². The van der Waals surface area contributed by atoms with Gasteiger partial charge in [0.05, 0.1) is 0 Å². The summed E-state index contributed by atoms with van der Waals surface area (Å²) in [4.78, 5) is 0. The fraction of sp³-hybridized carbons (Fsp3) is 0.136. The minimum Gasteiger partial charge on any atom is -0.429 e. The largest absolute Gasteiger partial charge is 0.432 e. The second kappa shape index (κ2) is 8.11. The number of nitriles is 1. The zero-order valence-electron chi connectivity index (χ0n) is 15.4. The number of ether oxygens (including phenoxy) is 1. The van der Waals surface area contributed by atoms with Crippen LogP contribution in [0.15, 0.2) is 48.5 Å². The van der Waals surface area contributed by atoms with Crippen molar-refractivity contribution in [1.82, 2.24) is 0 Å². The van der Waals surface area contributed by atoms with Gasteiger partial charge in [-0.05, 0) is 59.5 Å². The van der Waals surface area contributed by atoms with Crippen molar-refractivity contribution in [3.63, 3.8) is 0 Å². The maximum Gasteiger partial charge on any atom is 0.432 e. The van der Waals surface area contributed by atoms with Gasteiger partial charge < -0.3 is 4.74 Å². The van der Waals surface area contributed by atoms with Crippen LogP contribution in [0, 0.1) is 34.6 Å². The summed E-state index contributed by atoms with van der Waals surface area (Å²) in [5.74, 6) is -5.42. The van der Waals surface area contributed by atoms with Gasteiger partial charge in [0.1, 0.15) is 46.2 Å². The zero-order valence-corrected chi connectivity index (χ0v) is 15.4. The first-order chi connectivity index (χ1) is 14.2. The summed E-state index contributed by atoms with van der Waals surface area (Å²) >= 11 is 0. The number of hydrogen-bond acceptors (Lipinski definition) is 2. The van der Waals surface area contributed by atoms with Crippen LogP contribution in [0.25, 0.3) is 11.1 Å². The summed E-state index contributed by atoms with van der Waals surface area (Å²) in [7, 11) is 0. The van der Waals surface area contributed by atoms with Crippen molar-refractivity contribution in [3.05, 3.63) is 88.5 Å². The first kappa shape index (κ1) is 21.2. The number of halogens is 6. The molecule has 3 rings (SSSR count). The van der Waals surface area contributed by atoms with E-state index in [2.05, 4.69) is 4.74 Å². The van der Waals surface area contributed by atoms with E-state index in [4.69, 9.17) is 5.26 Å². The van der Waals surface area contributed by atoms with Gasteiger partial charge in [0.25, 0.3) is 0 Å². The average Bonchev–Trinajstić information content (AvgIpc) is 2.67. The Balaban J connectivity index is 1.88. The minimum absolute atomic E-state index is 0.0644. The first-order valence-corrected chi connectivity index (χ1v) is 8.71. The molecule has 2 nitrogen and oxygen atoms in total. The molecular formula is C22H13F6NO. The van der Waals surface area contributed by atoms with E-state index in [0.717, 1.165) is 36.4 Å². The molecular weight excluding hydrogens is 408 g/mol. The standard InChI is InChI=1S/C22H13F6NO/c1-2-12-7-19(25)21(20(26)8-12)22(27,28)30-15-5-3-13(4-6-15)14-9-17(23)16(11-29)18(24)10-14/h3-10H,2H2,1H3. The number of aryl methyl sites for hydroxylation is 1. The molecule has 8 heteroatoms. The third-order valence-corrected chi connectivity index (χ3v) is 4.39. The second-order valence-electron chi connectivity index (χ2n) is 6.36. The summed E-state index contributed by atoms with van der Waals surface area (Å²) in [6.07, 6.45) is -4.03. The van der Waals surface area contributed by atoms with Crippen molar-refractivity contribution in [3.8, 4) is 22.9 Å². The monoisotopic (exact) mass is 421 g/mol. The summed E-state index contributed by atoms with van der Waals surface area (Å²) in [6, 6.07) is 9.46. The Morgan fingerprint density at radius 2 is 1.37 bits per heavy atom. The van der Waals surface area contributed by atoms with Crippen molar-refractivity contribution in [2.75, 3.05) is 0 Å². The third-order valence-electron chi connectivity index (χ3n) is 4.39. The molecule has 0 radical (unpaired) electrons. The van der Waals surface area contributed by atoms with E-state index in [9.17, 15) is 26.3 Å². The van der Waals surface area contributed by atoms with Gasteiger partial charge in [-0.25, -0.2) is 17.6 Å². The number of hydrogen-bond donors (Lipinski definition) is 0. The molecule has 0 atom stereocenters. The molecule has 0 aliphatic heterocycles. The Hall–Kier alpha value is -3.47. The molecule has 0 aliphatic carbocycles. The molecule has 0 bridgehead atoms. The van der Waals surface area contributed by atoms with Crippen LogP contribution in [0.2, 0.25) is 0 Å². The fourth-order valence-electron chi connectivity index (χ4n) is 2.87. The SMILES string of the molecule is CCc1cc(F)c(C(F)(F)Oc2ccc(-c3cc(F)c(C#N)c(F)c3)cc2)c(F)c1. The van der Waals surface area contributed by atoms with Gasteiger partial charge in [0.2, 0.25) is 0 Å². The summed E-state index contributed by atoms with van der Waals surface area (Å²) in [6.45, 7) is 1.62. The molecule has 0 unspecified atom stereocenters. The van der Waals surface area contributed by atoms with Crippen LogP contribution in [0.4, 0.5) is 26.3 Å². The molecule has 3 aromatic rings. The quantitative estimate of drug-likeness (QED) is 0.442. The highest BCUT2D eigenvalue weighted by atomic mass is 19.3. The lowest BCUT2D eigenvalue weighted by atomic mass is 10.0. The van der Waals surface area contributed by atoms with E-state index in [1.165, 1.54) is 18.2 Å². The Morgan fingerprint density at radius 3 is 1.83 bits per heavy atom. The minimum atomic E-state index is -4.30. The fourth-order valence-corrected chi connectivity index (χ4v) is 2.87. The van der Waals surface area contributed by atoms with Crippen LogP contribution >= 0.6 is 0 Å². The lowest BCUT2D eigenvalue weighted by molar-refractivity contribution is -0.189. The van der Waals surface area contributed by atoms with Crippen molar-refractivity contribution in [2.24, 2.45) is 0 Å². The summed E-state index contributed by atoms with van der Waals surface area (Å²) in [5.41, 5.74) is -1.72. The van der Waals surface area contributed by atoms with E-state index < -0.39 is 46.3 Å².